The number of aliphatic carboxylic acids is 1. The lowest BCUT2D eigenvalue weighted by Gasteiger charge is -2.16. The summed E-state index contributed by atoms with van der Waals surface area (Å²) in [7, 11) is 0. The number of benzene rings is 1. The molecule has 6 nitrogen and oxygen atoms in total. The maximum absolute atomic E-state index is 11.7. The summed E-state index contributed by atoms with van der Waals surface area (Å²) in [5, 5.41) is 14.1. The average Bonchev–Trinajstić information content (AvgIpc) is 2.87. The Hall–Kier alpha value is -2.24. The highest BCUT2D eigenvalue weighted by atomic mass is 16.5. The van der Waals surface area contributed by atoms with Crippen molar-refractivity contribution in [2.24, 2.45) is 0 Å². The Labute approximate surface area is 123 Å². The van der Waals surface area contributed by atoms with Crippen LogP contribution in [0.4, 0.5) is 4.79 Å². The van der Waals surface area contributed by atoms with Crippen LogP contribution in [0.2, 0.25) is 0 Å². The zero-order chi connectivity index (χ0) is 15.2. The van der Waals surface area contributed by atoms with E-state index in [1.165, 1.54) is 0 Å². The number of fused-ring (bicyclic) bond motifs is 1. The first-order valence-electron chi connectivity index (χ1n) is 7.12. The van der Waals surface area contributed by atoms with Crippen LogP contribution in [-0.2, 0) is 11.2 Å². The summed E-state index contributed by atoms with van der Waals surface area (Å²) in [6.07, 6.45) is 1.74. The third-order valence-corrected chi connectivity index (χ3v) is 3.38. The van der Waals surface area contributed by atoms with E-state index < -0.39 is 18.0 Å². The molecule has 6 heteroatoms. The van der Waals surface area contributed by atoms with Crippen LogP contribution >= 0.6 is 0 Å². The minimum atomic E-state index is -1.02. The number of amides is 2. The van der Waals surface area contributed by atoms with Crippen molar-refractivity contribution >= 4 is 12.0 Å². The highest BCUT2D eigenvalue weighted by Gasteiger charge is 2.24. The van der Waals surface area contributed by atoms with E-state index >= 15 is 0 Å². The molecule has 0 bridgehead atoms. The molecule has 1 unspecified atom stereocenters. The van der Waals surface area contributed by atoms with Gasteiger partial charge in [-0.2, -0.15) is 0 Å². The largest absolute Gasteiger partial charge is 0.488 e. The first-order chi connectivity index (χ1) is 10.1. The molecule has 0 saturated carbocycles. The second-order valence-electron chi connectivity index (χ2n) is 5.09. The summed E-state index contributed by atoms with van der Waals surface area (Å²) in [6, 6.07) is 6.43. The Morgan fingerprint density at radius 2 is 2.19 bits per heavy atom. The summed E-state index contributed by atoms with van der Waals surface area (Å²) in [5.74, 6) is -0.171. The maximum atomic E-state index is 11.7. The summed E-state index contributed by atoms with van der Waals surface area (Å²) < 4.78 is 5.70. The number of carboxylic acids is 1. The zero-order valence-electron chi connectivity index (χ0n) is 12.0. The number of rotatable bonds is 6. The molecule has 2 amide bonds. The molecule has 0 radical (unpaired) electrons. The highest BCUT2D eigenvalue weighted by Crippen LogP contribution is 2.27. The molecule has 0 fully saturated rings. The smallest absolute Gasteiger partial charge is 0.326 e. The van der Waals surface area contributed by atoms with Crippen LogP contribution in [0, 0.1) is 0 Å². The molecule has 0 saturated heterocycles. The van der Waals surface area contributed by atoms with Crippen LogP contribution < -0.4 is 15.4 Å². The number of ether oxygens (including phenoxy) is 1. The van der Waals surface area contributed by atoms with E-state index in [4.69, 9.17) is 9.84 Å². The summed E-state index contributed by atoms with van der Waals surface area (Å²) >= 11 is 0. The van der Waals surface area contributed by atoms with Gasteiger partial charge in [0.05, 0.1) is 6.54 Å². The van der Waals surface area contributed by atoms with Crippen molar-refractivity contribution in [3.05, 3.63) is 29.8 Å². The van der Waals surface area contributed by atoms with Gasteiger partial charge in [0.25, 0.3) is 0 Å². The molecule has 2 rings (SSSR count). The molecule has 21 heavy (non-hydrogen) atoms. The maximum Gasteiger partial charge on any atom is 0.326 e. The average molecular weight is 292 g/mol. The van der Waals surface area contributed by atoms with Crippen molar-refractivity contribution in [3.8, 4) is 5.75 Å². The lowest BCUT2D eigenvalue weighted by molar-refractivity contribution is -0.139. The Bertz CT molecular complexity index is 493. The Morgan fingerprint density at radius 1 is 1.43 bits per heavy atom. The van der Waals surface area contributed by atoms with Crippen molar-refractivity contribution in [3.63, 3.8) is 0 Å². The lowest BCUT2D eigenvalue weighted by Crippen LogP contribution is -2.48. The molecule has 1 aliphatic heterocycles. The lowest BCUT2D eigenvalue weighted by atomic mass is 10.1. The van der Waals surface area contributed by atoms with Gasteiger partial charge in [0.1, 0.15) is 17.9 Å². The number of hydrogen-bond donors (Lipinski definition) is 3. The molecule has 3 N–H and O–H groups in total. The van der Waals surface area contributed by atoms with Gasteiger partial charge in [-0.15, -0.1) is 0 Å². The van der Waals surface area contributed by atoms with E-state index in [9.17, 15) is 9.59 Å². The Balaban J connectivity index is 1.76. The van der Waals surface area contributed by atoms with E-state index in [1.807, 2.05) is 31.2 Å². The van der Waals surface area contributed by atoms with E-state index in [-0.39, 0.29) is 6.10 Å². The van der Waals surface area contributed by atoms with Gasteiger partial charge in [0.15, 0.2) is 0 Å². The van der Waals surface area contributed by atoms with Crippen molar-refractivity contribution in [1.29, 1.82) is 0 Å². The SMILES string of the molecule is CCC[C@@H](NC(=O)NCC1Cc2ccccc2O1)C(=O)O. The first-order valence-corrected chi connectivity index (χ1v) is 7.12. The third kappa shape index (κ3) is 4.11. The predicted molar refractivity (Wildman–Crippen MR) is 77.4 cm³/mol. The van der Waals surface area contributed by atoms with E-state index in [0.29, 0.717) is 19.4 Å². The van der Waals surface area contributed by atoms with Gasteiger partial charge in [0.2, 0.25) is 0 Å². The molecule has 1 aromatic rings. The molecular formula is C15H20N2O4. The second-order valence-corrected chi connectivity index (χ2v) is 5.09. The molecule has 1 heterocycles. The number of carbonyl (C=O) groups excluding carboxylic acids is 1. The Morgan fingerprint density at radius 3 is 2.86 bits per heavy atom. The fourth-order valence-electron chi connectivity index (χ4n) is 2.33. The van der Waals surface area contributed by atoms with Crippen LogP contribution in [-0.4, -0.2) is 35.8 Å². The first kappa shape index (κ1) is 15.2. The van der Waals surface area contributed by atoms with Crippen molar-refractivity contribution in [2.45, 2.75) is 38.3 Å². The van der Waals surface area contributed by atoms with Crippen LogP contribution in [0.3, 0.4) is 0 Å². The van der Waals surface area contributed by atoms with Crippen LogP contribution in [0.25, 0.3) is 0 Å². The van der Waals surface area contributed by atoms with E-state index in [2.05, 4.69) is 10.6 Å². The zero-order valence-corrected chi connectivity index (χ0v) is 12.0. The van der Waals surface area contributed by atoms with Crippen LogP contribution in [0.15, 0.2) is 24.3 Å². The molecule has 0 aromatic heterocycles. The minimum Gasteiger partial charge on any atom is -0.488 e. The minimum absolute atomic E-state index is 0.109. The van der Waals surface area contributed by atoms with E-state index in [1.54, 1.807) is 0 Å². The second kappa shape index (κ2) is 6.97. The number of hydrogen-bond acceptors (Lipinski definition) is 3. The number of carboxylic acid groups (broad SMARTS) is 1. The topological polar surface area (TPSA) is 87.7 Å². The molecule has 0 spiro atoms. The molecule has 0 aliphatic carbocycles. The summed E-state index contributed by atoms with van der Waals surface area (Å²) in [6.45, 7) is 2.22. The van der Waals surface area contributed by atoms with Gasteiger partial charge >= 0.3 is 12.0 Å². The normalized spacial score (nSPS) is 17.5. The van der Waals surface area contributed by atoms with Gasteiger partial charge in [-0.3, -0.25) is 0 Å². The summed E-state index contributed by atoms with van der Waals surface area (Å²) in [4.78, 5) is 22.7. The number of carbonyl (C=O) groups is 2. The summed E-state index contributed by atoms with van der Waals surface area (Å²) in [5.41, 5.74) is 1.12. The van der Waals surface area contributed by atoms with Crippen LogP contribution in [0.1, 0.15) is 25.3 Å². The van der Waals surface area contributed by atoms with E-state index in [0.717, 1.165) is 17.7 Å². The van der Waals surface area contributed by atoms with Gasteiger partial charge in [-0.1, -0.05) is 31.5 Å². The predicted octanol–water partition coefficient (Wildman–Crippen LogP) is 1.54. The molecular weight excluding hydrogens is 272 g/mol. The number of para-hydroxylation sites is 1. The highest BCUT2D eigenvalue weighted by molar-refractivity contribution is 5.82. The number of urea groups is 1. The monoisotopic (exact) mass is 292 g/mol. The van der Waals surface area contributed by atoms with Gasteiger partial charge in [0, 0.05) is 6.42 Å². The van der Waals surface area contributed by atoms with Gasteiger partial charge < -0.3 is 20.5 Å². The fourth-order valence-corrected chi connectivity index (χ4v) is 2.33. The molecule has 114 valence electrons. The van der Waals surface area contributed by atoms with Crippen molar-refractivity contribution in [1.82, 2.24) is 10.6 Å². The number of nitrogens with one attached hydrogen (secondary N) is 2. The Kier molecular flexibility index (Phi) is 5.03. The molecule has 1 aliphatic rings. The fraction of sp³-hybridized carbons (Fsp3) is 0.467. The van der Waals surface area contributed by atoms with Gasteiger partial charge in [-0.25, -0.2) is 9.59 Å². The van der Waals surface area contributed by atoms with Crippen molar-refractivity contribution in [2.75, 3.05) is 6.54 Å². The van der Waals surface area contributed by atoms with Crippen molar-refractivity contribution < 1.29 is 19.4 Å². The van der Waals surface area contributed by atoms with Crippen LogP contribution in [0.5, 0.6) is 5.75 Å². The molecule has 1 aromatic carbocycles. The third-order valence-electron chi connectivity index (χ3n) is 3.38. The molecule has 2 atom stereocenters. The standard InChI is InChI=1S/C15H20N2O4/c1-2-5-12(14(18)19)17-15(20)16-9-11-8-10-6-3-4-7-13(10)21-11/h3-4,6-7,11-12H,2,5,8-9H2,1H3,(H,18,19)(H2,16,17,20)/t11?,12-/m1/s1. The quantitative estimate of drug-likeness (QED) is 0.742. The van der Waals surface area contributed by atoms with Gasteiger partial charge in [-0.05, 0) is 18.1 Å².